The van der Waals surface area contributed by atoms with E-state index in [1.165, 1.54) is 13.5 Å². The predicted molar refractivity (Wildman–Crippen MR) is 234 cm³/mol. The molecule has 60 heavy (non-hydrogen) atoms. The molecule has 13 nitrogen and oxygen atoms in total. The predicted octanol–water partition coefficient (Wildman–Crippen LogP) is 5.36. The zero-order chi connectivity index (χ0) is 43.5. The number of methoxy groups -OCH3 is 1. The van der Waals surface area contributed by atoms with Crippen LogP contribution in [0.25, 0.3) is 11.1 Å². The molecular weight excluding hydrogens is 761 g/mol. The second-order valence-corrected chi connectivity index (χ2v) is 18.1. The van der Waals surface area contributed by atoms with Crippen LogP contribution < -0.4 is 25.6 Å². The molecule has 3 saturated carbocycles. The van der Waals surface area contributed by atoms with Gasteiger partial charge in [0.25, 0.3) is 5.91 Å². The molecule has 4 N–H and O–H groups in total. The molecule has 3 aromatic carbocycles. The Hall–Kier alpha value is -4.69. The lowest BCUT2D eigenvalue weighted by Gasteiger charge is -2.62. The number of carbonyl (C=O) groups excluding carboxylic acids is 3. The maximum absolute atomic E-state index is 14.6. The first kappa shape index (κ1) is 44.9. The third-order valence-corrected chi connectivity index (χ3v) is 13.4. The molecule has 0 spiro atoms. The Morgan fingerprint density at radius 2 is 1.75 bits per heavy atom. The normalized spacial score (nSPS) is 25.4. The van der Waals surface area contributed by atoms with E-state index in [-0.39, 0.29) is 42.5 Å². The summed E-state index contributed by atoms with van der Waals surface area (Å²) in [6.07, 6.45) is 0.542. The summed E-state index contributed by atoms with van der Waals surface area (Å²) in [5, 5.41) is 21.4. The third-order valence-electron chi connectivity index (χ3n) is 13.4. The zero-order valence-corrected chi connectivity index (χ0v) is 37.0. The van der Waals surface area contributed by atoms with Gasteiger partial charge in [0, 0.05) is 62.1 Å². The molecule has 1 heterocycles. The first-order valence-corrected chi connectivity index (χ1v) is 21.3. The minimum atomic E-state index is -0.896. The third kappa shape index (κ3) is 9.59. The van der Waals surface area contributed by atoms with Gasteiger partial charge in [0.15, 0.2) is 0 Å². The SMILES string of the molecule is CNC(=O)O[C@@H](C)[C@H]1[C@H](CO)ON(Cc2cccc(-c3cc(C(=O)N[C@@H](Cc4ccccc4)CN(C)C)cc(N(C)C)c3)c2OC)[C@@H]1C(=O)N[C@H]1C[C@H]2C[C@@H]([C@@H]1C)C2(C)C. The van der Waals surface area contributed by atoms with Crippen LogP contribution in [0.3, 0.4) is 0 Å². The van der Waals surface area contributed by atoms with Gasteiger partial charge in [-0.25, -0.2) is 4.79 Å². The molecular formula is C47H66N6O7. The van der Waals surface area contributed by atoms with Crippen LogP contribution in [0, 0.1) is 29.1 Å². The molecule has 4 aliphatic rings. The molecule has 3 amide bonds. The van der Waals surface area contributed by atoms with Crippen molar-refractivity contribution in [1.82, 2.24) is 25.9 Å². The molecule has 3 aliphatic carbocycles. The highest BCUT2D eigenvalue weighted by molar-refractivity contribution is 5.97. The number of nitrogens with one attached hydrogen (secondary N) is 3. The fourth-order valence-corrected chi connectivity index (χ4v) is 10.0. The Balaban J connectivity index is 1.31. The van der Waals surface area contributed by atoms with E-state index in [0.29, 0.717) is 42.0 Å². The molecule has 9 atom stereocenters. The maximum Gasteiger partial charge on any atom is 0.407 e. The number of hydroxylamine groups is 2. The molecule has 326 valence electrons. The van der Waals surface area contributed by atoms with Crippen molar-refractivity contribution in [2.24, 2.45) is 29.1 Å². The Labute approximate surface area is 356 Å². The second-order valence-electron chi connectivity index (χ2n) is 18.1. The van der Waals surface area contributed by atoms with Crippen molar-refractivity contribution in [3.05, 3.63) is 83.4 Å². The summed E-state index contributed by atoms with van der Waals surface area (Å²) >= 11 is 0. The number of fused-ring (bicyclic) bond motifs is 2. The van der Waals surface area contributed by atoms with Crippen LogP contribution in [-0.2, 0) is 27.3 Å². The first-order chi connectivity index (χ1) is 28.6. The Kier molecular flexibility index (Phi) is 14.1. The van der Waals surface area contributed by atoms with E-state index in [9.17, 15) is 19.5 Å². The Morgan fingerprint density at radius 1 is 1.02 bits per heavy atom. The van der Waals surface area contributed by atoms with Crippen molar-refractivity contribution in [3.8, 4) is 16.9 Å². The molecule has 0 unspecified atom stereocenters. The fourth-order valence-electron chi connectivity index (χ4n) is 10.0. The number of rotatable bonds is 16. The lowest BCUT2D eigenvalue weighted by molar-refractivity contribution is -0.183. The summed E-state index contributed by atoms with van der Waals surface area (Å²) in [4.78, 5) is 51.6. The number of benzene rings is 3. The number of amides is 3. The zero-order valence-electron chi connectivity index (χ0n) is 37.0. The molecule has 2 bridgehead atoms. The van der Waals surface area contributed by atoms with Gasteiger partial charge in [-0.3, -0.25) is 14.4 Å². The van der Waals surface area contributed by atoms with Gasteiger partial charge in [0.2, 0.25) is 5.91 Å². The molecule has 13 heteroatoms. The summed E-state index contributed by atoms with van der Waals surface area (Å²) < 4.78 is 11.8. The van der Waals surface area contributed by atoms with Gasteiger partial charge < -0.3 is 40.3 Å². The number of hydrogen-bond donors (Lipinski definition) is 4. The lowest BCUT2D eigenvalue weighted by Crippen LogP contribution is -2.62. The van der Waals surface area contributed by atoms with Crippen LogP contribution in [0.1, 0.15) is 62.0 Å². The van der Waals surface area contributed by atoms with E-state index >= 15 is 0 Å². The molecule has 0 radical (unpaired) electrons. The standard InChI is InChI=1S/C47H66N6O7/c1-28-38-23-34(47(38,3)4)24-39(28)50-45(56)42-41(29(2)59-46(57)48-5)40(27-54)60-53(42)25-31-17-14-18-37(43(31)58-10)32-20-33(22-36(21-32)52(8)9)44(55)49-35(26-51(6)7)19-30-15-12-11-13-16-30/h11-18,20-22,28-29,34-35,38-42,54H,19,23-27H2,1-10H3,(H,48,57)(H,49,55)(H,50,56)/t28-,29-,34+,35-,38-,39-,40-,41-,42-/m0/s1. The van der Waals surface area contributed by atoms with Crippen molar-refractivity contribution < 1.29 is 33.8 Å². The topological polar surface area (TPSA) is 145 Å². The minimum Gasteiger partial charge on any atom is -0.496 e. The van der Waals surface area contributed by atoms with Crippen LogP contribution in [0.4, 0.5) is 10.5 Å². The lowest BCUT2D eigenvalue weighted by atomic mass is 9.45. The number of hydrogen-bond acceptors (Lipinski definition) is 10. The summed E-state index contributed by atoms with van der Waals surface area (Å²) in [5.74, 6) is 0.812. The molecule has 7 rings (SSSR count). The number of ether oxygens (including phenoxy) is 2. The van der Waals surface area contributed by atoms with E-state index in [4.69, 9.17) is 14.3 Å². The number of carbonyl (C=O) groups is 3. The molecule has 1 aliphatic heterocycles. The van der Waals surface area contributed by atoms with Crippen LogP contribution in [-0.4, -0.2) is 119 Å². The van der Waals surface area contributed by atoms with Crippen molar-refractivity contribution in [2.45, 2.75) is 83.8 Å². The monoisotopic (exact) mass is 826 g/mol. The van der Waals surface area contributed by atoms with Gasteiger partial charge in [-0.2, -0.15) is 5.06 Å². The molecule has 1 saturated heterocycles. The van der Waals surface area contributed by atoms with Gasteiger partial charge in [-0.05, 0) is 92.8 Å². The van der Waals surface area contributed by atoms with Gasteiger partial charge in [0.1, 0.15) is 24.0 Å². The molecule has 0 aromatic heterocycles. The van der Waals surface area contributed by atoms with E-state index in [0.717, 1.165) is 34.4 Å². The summed E-state index contributed by atoms with van der Waals surface area (Å²) in [6, 6.07) is 20.7. The number of likely N-dealkylation sites (N-methyl/N-ethyl adjacent to an activating group) is 1. The van der Waals surface area contributed by atoms with Crippen LogP contribution in [0.2, 0.25) is 0 Å². The highest BCUT2D eigenvalue weighted by Gasteiger charge is 2.57. The van der Waals surface area contributed by atoms with E-state index in [1.54, 1.807) is 19.1 Å². The second kappa shape index (κ2) is 18.9. The smallest absolute Gasteiger partial charge is 0.407 e. The fraction of sp³-hybridized carbons (Fsp3) is 0.553. The summed E-state index contributed by atoms with van der Waals surface area (Å²) in [7, 11) is 11.0. The number of aliphatic hydroxyl groups excluding tert-OH is 1. The highest BCUT2D eigenvalue weighted by atomic mass is 16.7. The largest absolute Gasteiger partial charge is 0.496 e. The number of anilines is 1. The van der Waals surface area contributed by atoms with Crippen molar-refractivity contribution in [2.75, 3.05) is 60.4 Å². The quantitative estimate of drug-likeness (QED) is 0.149. The number of aliphatic hydroxyl groups is 1. The average molecular weight is 827 g/mol. The van der Waals surface area contributed by atoms with Crippen LogP contribution in [0.15, 0.2) is 66.7 Å². The number of para-hydroxylation sites is 1. The van der Waals surface area contributed by atoms with Crippen LogP contribution in [0.5, 0.6) is 5.75 Å². The van der Waals surface area contributed by atoms with Crippen molar-refractivity contribution >= 4 is 23.6 Å². The average Bonchev–Trinajstić information content (AvgIpc) is 3.59. The number of nitrogens with zero attached hydrogens (tertiary/aromatic N) is 3. The first-order valence-electron chi connectivity index (χ1n) is 21.3. The van der Waals surface area contributed by atoms with Crippen molar-refractivity contribution in [1.29, 1.82) is 0 Å². The Morgan fingerprint density at radius 3 is 2.37 bits per heavy atom. The van der Waals surface area contributed by atoms with E-state index in [1.807, 2.05) is 87.7 Å². The summed E-state index contributed by atoms with van der Waals surface area (Å²) in [6.45, 7) is 9.02. The van der Waals surface area contributed by atoms with Gasteiger partial charge in [-0.1, -0.05) is 69.3 Å². The molecule has 4 fully saturated rings. The van der Waals surface area contributed by atoms with Gasteiger partial charge in [-0.15, -0.1) is 0 Å². The van der Waals surface area contributed by atoms with Gasteiger partial charge >= 0.3 is 6.09 Å². The maximum atomic E-state index is 14.6. The van der Waals surface area contributed by atoms with Gasteiger partial charge in [0.05, 0.1) is 26.2 Å². The Bertz CT molecular complexity index is 1970. The van der Waals surface area contributed by atoms with E-state index < -0.39 is 30.3 Å². The highest BCUT2D eigenvalue weighted by Crippen LogP contribution is 2.61. The van der Waals surface area contributed by atoms with Crippen molar-refractivity contribution in [3.63, 3.8) is 0 Å². The minimum absolute atomic E-state index is 0.00940. The number of alkyl carbamates (subject to hydrolysis) is 1. The van der Waals surface area contributed by atoms with Crippen LogP contribution >= 0.6 is 0 Å². The summed E-state index contributed by atoms with van der Waals surface area (Å²) in [5.41, 5.74) is 5.01. The van der Waals surface area contributed by atoms with E-state index in [2.05, 4.69) is 53.8 Å². The molecule has 3 aromatic rings.